The molecule has 5 heteroatoms. The molecule has 112 valence electrons. The van der Waals surface area contributed by atoms with E-state index in [1.54, 1.807) is 0 Å². The van der Waals surface area contributed by atoms with Gasteiger partial charge in [0.25, 0.3) is 0 Å². The van der Waals surface area contributed by atoms with Crippen LogP contribution in [0, 0.1) is 11.7 Å². The molecule has 3 nitrogen and oxygen atoms in total. The Kier molecular flexibility index (Phi) is 6.96. The van der Waals surface area contributed by atoms with E-state index in [1.807, 2.05) is 24.1 Å². The lowest BCUT2D eigenvalue weighted by Gasteiger charge is -2.16. The number of hydrogen-bond donors (Lipinski definition) is 1. The summed E-state index contributed by atoms with van der Waals surface area (Å²) in [5, 5.41) is 3.00. The molecule has 1 N–H and O–H groups in total. The van der Waals surface area contributed by atoms with Gasteiger partial charge in [0, 0.05) is 26.1 Å². The molecule has 0 aliphatic carbocycles. The van der Waals surface area contributed by atoms with Crippen LogP contribution in [-0.2, 0) is 11.2 Å². The van der Waals surface area contributed by atoms with E-state index in [2.05, 4.69) is 5.32 Å². The van der Waals surface area contributed by atoms with E-state index in [9.17, 15) is 9.18 Å². The van der Waals surface area contributed by atoms with Crippen molar-refractivity contribution in [1.82, 2.24) is 10.2 Å². The van der Waals surface area contributed by atoms with Crippen LogP contribution in [0.1, 0.15) is 18.4 Å². The summed E-state index contributed by atoms with van der Waals surface area (Å²) >= 11 is 0. The van der Waals surface area contributed by atoms with Crippen LogP contribution in [0.4, 0.5) is 4.39 Å². The summed E-state index contributed by atoms with van der Waals surface area (Å²) in [5.74, 6) is 0.541. The van der Waals surface area contributed by atoms with Crippen LogP contribution in [0.25, 0.3) is 0 Å². The summed E-state index contributed by atoms with van der Waals surface area (Å²) in [6.07, 6.45) is 2.54. The number of benzene rings is 1. The highest BCUT2D eigenvalue weighted by Gasteiger charge is 2.25. The molecule has 0 radical (unpaired) electrons. The minimum absolute atomic E-state index is 0. The number of nitrogens with one attached hydrogen (secondary N) is 1. The maximum atomic E-state index is 12.8. The Morgan fingerprint density at radius 1 is 1.40 bits per heavy atom. The van der Waals surface area contributed by atoms with Gasteiger partial charge in [-0.05, 0) is 43.5 Å². The van der Waals surface area contributed by atoms with E-state index in [4.69, 9.17) is 0 Å². The van der Waals surface area contributed by atoms with Crippen LogP contribution >= 0.6 is 12.4 Å². The quantitative estimate of drug-likeness (QED) is 0.904. The molecule has 2 rings (SSSR count). The fourth-order valence-electron chi connectivity index (χ4n) is 2.57. The van der Waals surface area contributed by atoms with Crippen molar-refractivity contribution in [2.24, 2.45) is 5.92 Å². The fourth-order valence-corrected chi connectivity index (χ4v) is 2.57. The van der Waals surface area contributed by atoms with E-state index >= 15 is 0 Å². The third-order valence-corrected chi connectivity index (χ3v) is 3.67. The van der Waals surface area contributed by atoms with Crippen LogP contribution in [0.15, 0.2) is 24.3 Å². The van der Waals surface area contributed by atoms with Crippen molar-refractivity contribution in [3.8, 4) is 0 Å². The minimum Gasteiger partial charge on any atom is -0.342 e. The molecule has 1 aliphatic heterocycles. The summed E-state index contributed by atoms with van der Waals surface area (Å²) in [6.45, 7) is 2.42. The standard InChI is InChI=1S/C15H21FN2O.ClH/c1-17-8-6-15(19)18-9-7-13(11-18)10-12-2-4-14(16)5-3-12;/h2-5,13,17H,6-11H2,1H3;1H. The molecule has 1 unspecified atom stereocenters. The highest BCUT2D eigenvalue weighted by Crippen LogP contribution is 2.21. The van der Waals surface area contributed by atoms with Gasteiger partial charge in [-0.3, -0.25) is 4.79 Å². The molecule has 1 aromatic rings. The maximum Gasteiger partial charge on any atom is 0.223 e. The molecule has 0 aromatic heterocycles. The SMILES string of the molecule is CNCCC(=O)N1CCC(Cc2ccc(F)cc2)C1.Cl. The van der Waals surface area contributed by atoms with Gasteiger partial charge >= 0.3 is 0 Å². The van der Waals surface area contributed by atoms with Crippen LogP contribution in [0.2, 0.25) is 0 Å². The number of nitrogens with zero attached hydrogens (tertiary/aromatic N) is 1. The Balaban J connectivity index is 0.00000200. The molecule has 0 spiro atoms. The topological polar surface area (TPSA) is 32.3 Å². The Morgan fingerprint density at radius 2 is 2.10 bits per heavy atom. The van der Waals surface area contributed by atoms with Gasteiger partial charge in [-0.25, -0.2) is 4.39 Å². The number of halogens is 2. The predicted octanol–water partition coefficient (Wildman–Crippen LogP) is 2.25. The third-order valence-electron chi connectivity index (χ3n) is 3.67. The van der Waals surface area contributed by atoms with Gasteiger partial charge in [-0.2, -0.15) is 0 Å². The zero-order valence-corrected chi connectivity index (χ0v) is 12.6. The molecular formula is C15H22ClFN2O. The summed E-state index contributed by atoms with van der Waals surface area (Å²) in [4.78, 5) is 13.8. The van der Waals surface area contributed by atoms with E-state index in [0.717, 1.165) is 38.0 Å². The van der Waals surface area contributed by atoms with Crippen molar-refractivity contribution in [3.63, 3.8) is 0 Å². The van der Waals surface area contributed by atoms with Crippen molar-refractivity contribution >= 4 is 18.3 Å². The van der Waals surface area contributed by atoms with Crippen molar-refractivity contribution in [3.05, 3.63) is 35.6 Å². The van der Waals surface area contributed by atoms with Crippen molar-refractivity contribution < 1.29 is 9.18 Å². The van der Waals surface area contributed by atoms with Gasteiger partial charge in [0.2, 0.25) is 5.91 Å². The van der Waals surface area contributed by atoms with E-state index in [0.29, 0.717) is 12.3 Å². The van der Waals surface area contributed by atoms with Crippen LogP contribution in [0.5, 0.6) is 0 Å². The summed E-state index contributed by atoms with van der Waals surface area (Å²) in [7, 11) is 1.86. The first kappa shape index (κ1) is 16.9. The lowest BCUT2D eigenvalue weighted by molar-refractivity contribution is -0.130. The molecule has 1 aromatic carbocycles. The largest absolute Gasteiger partial charge is 0.342 e. The second kappa shape index (κ2) is 8.22. The van der Waals surface area contributed by atoms with Gasteiger partial charge in [-0.15, -0.1) is 12.4 Å². The van der Waals surface area contributed by atoms with Gasteiger partial charge in [0.15, 0.2) is 0 Å². The smallest absolute Gasteiger partial charge is 0.223 e. The summed E-state index contributed by atoms with van der Waals surface area (Å²) < 4.78 is 12.8. The third kappa shape index (κ3) is 4.76. The zero-order chi connectivity index (χ0) is 13.7. The molecule has 0 bridgehead atoms. The Morgan fingerprint density at radius 3 is 2.75 bits per heavy atom. The maximum absolute atomic E-state index is 12.8. The molecule has 1 atom stereocenters. The fraction of sp³-hybridized carbons (Fsp3) is 0.533. The first-order chi connectivity index (χ1) is 9.19. The number of carbonyl (C=O) groups is 1. The normalized spacial score (nSPS) is 17.9. The van der Waals surface area contributed by atoms with Gasteiger partial charge in [0.1, 0.15) is 5.82 Å². The minimum atomic E-state index is -0.195. The second-order valence-corrected chi connectivity index (χ2v) is 5.18. The predicted molar refractivity (Wildman–Crippen MR) is 80.6 cm³/mol. The summed E-state index contributed by atoms with van der Waals surface area (Å²) in [6, 6.07) is 6.67. The van der Waals surface area contributed by atoms with E-state index < -0.39 is 0 Å². The van der Waals surface area contributed by atoms with Gasteiger partial charge < -0.3 is 10.2 Å². The van der Waals surface area contributed by atoms with Crippen molar-refractivity contribution in [1.29, 1.82) is 0 Å². The van der Waals surface area contributed by atoms with Crippen molar-refractivity contribution in [2.45, 2.75) is 19.3 Å². The Hall–Kier alpha value is -1.13. The number of likely N-dealkylation sites (tertiary alicyclic amines) is 1. The number of carbonyl (C=O) groups excluding carboxylic acids is 1. The van der Waals surface area contributed by atoms with Crippen molar-refractivity contribution in [2.75, 3.05) is 26.7 Å². The molecule has 0 saturated carbocycles. The highest BCUT2D eigenvalue weighted by molar-refractivity contribution is 5.85. The second-order valence-electron chi connectivity index (χ2n) is 5.18. The lowest BCUT2D eigenvalue weighted by Crippen LogP contribution is -2.31. The van der Waals surface area contributed by atoms with Crippen LogP contribution < -0.4 is 5.32 Å². The first-order valence-electron chi connectivity index (χ1n) is 6.86. The van der Waals surface area contributed by atoms with Crippen LogP contribution in [-0.4, -0.2) is 37.5 Å². The number of amides is 1. The lowest BCUT2D eigenvalue weighted by atomic mass is 9.99. The number of hydrogen-bond acceptors (Lipinski definition) is 2. The zero-order valence-electron chi connectivity index (χ0n) is 11.8. The van der Waals surface area contributed by atoms with E-state index in [1.165, 1.54) is 12.1 Å². The number of rotatable bonds is 5. The highest BCUT2D eigenvalue weighted by atomic mass is 35.5. The molecule has 1 fully saturated rings. The average molecular weight is 301 g/mol. The average Bonchev–Trinajstić information content (AvgIpc) is 2.87. The molecule has 20 heavy (non-hydrogen) atoms. The Bertz CT molecular complexity index is 424. The Labute approximate surface area is 125 Å². The van der Waals surface area contributed by atoms with Crippen LogP contribution in [0.3, 0.4) is 0 Å². The monoisotopic (exact) mass is 300 g/mol. The molecule has 1 saturated heterocycles. The molecule has 1 aliphatic rings. The summed E-state index contributed by atoms with van der Waals surface area (Å²) in [5.41, 5.74) is 1.15. The van der Waals surface area contributed by atoms with Gasteiger partial charge in [-0.1, -0.05) is 12.1 Å². The first-order valence-corrected chi connectivity index (χ1v) is 6.86. The molecule has 1 heterocycles. The van der Waals surface area contributed by atoms with Gasteiger partial charge in [0.05, 0.1) is 0 Å². The molecular weight excluding hydrogens is 279 g/mol. The molecule has 1 amide bonds. The van der Waals surface area contributed by atoms with E-state index in [-0.39, 0.29) is 24.1 Å².